The van der Waals surface area contributed by atoms with Crippen LogP contribution in [0.2, 0.25) is 0 Å². The second-order valence-electron chi connectivity index (χ2n) is 4.57. The fourth-order valence-electron chi connectivity index (χ4n) is 2.00. The van der Waals surface area contributed by atoms with Crippen molar-refractivity contribution in [3.05, 3.63) is 11.9 Å². The third-order valence-corrected chi connectivity index (χ3v) is 3.55. The molecule has 114 valence electrons. The molecule has 0 spiro atoms. The van der Waals surface area contributed by atoms with E-state index in [-0.39, 0.29) is 17.2 Å². The zero-order valence-electron chi connectivity index (χ0n) is 11.8. The van der Waals surface area contributed by atoms with Crippen LogP contribution < -0.4 is 16.6 Å². The second-order valence-corrected chi connectivity index (χ2v) is 4.57. The quantitative estimate of drug-likeness (QED) is 0.554. The number of nitrogen functional groups attached to an aromatic ring is 1. The first-order valence-electron chi connectivity index (χ1n) is 6.51. The van der Waals surface area contributed by atoms with Gasteiger partial charge in [-0.05, 0) is 19.3 Å². The Morgan fingerprint density at radius 1 is 1.05 bits per heavy atom. The predicted octanol–water partition coefficient (Wildman–Crippen LogP) is 3.16. The van der Waals surface area contributed by atoms with Crippen LogP contribution in [0.15, 0.2) is 6.07 Å². The van der Waals surface area contributed by atoms with Crippen LogP contribution in [0.5, 0.6) is 0 Å². The first-order valence-corrected chi connectivity index (χ1v) is 6.51. The Hall–Kier alpha value is -1.57. The molecule has 0 saturated carbocycles. The largest absolute Gasteiger partial charge is 0.451 e. The van der Waals surface area contributed by atoms with E-state index in [1.54, 1.807) is 0 Å². The summed E-state index contributed by atoms with van der Waals surface area (Å²) in [5.74, 6) is 3.98. The third kappa shape index (κ3) is 3.72. The zero-order chi connectivity index (χ0) is 15.4. The first-order chi connectivity index (χ1) is 9.30. The highest BCUT2D eigenvalue weighted by atomic mass is 19.4. The fraction of sp³-hybridized carbons (Fsp3) is 0.667. The van der Waals surface area contributed by atoms with Crippen LogP contribution in [0, 0.1) is 0 Å². The number of nitrogens with two attached hydrogens (primary N) is 1. The number of aromatic nitrogens is 2. The van der Waals surface area contributed by atoms with E-state index < -0.39 is 12.0 Å². The van der Waals surface area contributed by atoms with E-state index in [1.165, 1.54) is 6.07 Å². The number of hydrogen-bond donors (Lipinski definition) is 3. The van der Waals surface area contributed by atoms with Crippen molar-refractivity contribution in [2.24, 2.45) is 5.84 Å². The van der Waals surface area contributed by atoms with Gasteiger partial charge in [0.25, 0.3) is 0 Å². The number of nitrogens with one attached hydrogen (secondary N) is 2. The summed E-state index contributed by atoms with van der Waals surface area (Å²) in [5.41, 5.74) is 1.84. The Kier molecular flexibility index (Phi) is 5.15. The Bertz CT molecular complexity index is 435. The van der Waals surface area contributed by atoms with Crippen molar-refractivity contribution in [3.63, 3.8) is 0 Å². The second kappa shape index (κ2) is 6.25. The van der Waals surface area contributed by atoms with Gasteiger partial charge < -0.3 is 10.7 Å². The Balaban J connectivity index is 3.18. The van der Waals surface area contributed by atoms with Gasteiger partial charge in [0.2, 0.25) is 5.82 Å². The molecule has 0 aromatic carbocycles. The van der Waals surface area contributed by atoms with Gasteiger partial charge >= 0.3 is 6.18 Å². The number of rotatable bonds is 6. The summed E-state index contributed by atoms with van der Waals surface area (Å²) in [6, 6.07) is 1.37. The lowest BCUT2D eigenvalue weighted by atomic mass is 9.90. The number of alkyl halides is 3. The monoisotopic (exact) mass is 291 g/mol. The van der Waals surface area contributed by atoms with Gasteiger partial charge in [0.15, 0.2) is 0 Å². The molecular formula is C12H20F3N5. The minimum Gasteiger partial charge on any atom is -0.364 e. The average molecular weight is 291 g/mol. The maximum Gasteiger partial charge on any atom is 0.451 e. The van der Waals surface area contributed by atoms with E-state index in [4.69, 9.17) is 5.84 Å². The van der Waals surface area contributed by atoms with Crippen LogP contribution >= 0.6 is 0 Å². The van der Waals surface area contributed by atoms with Crippen molar-refractivity contribution in [2.45, 2.75) is 51.7 Å². The molecule has 1 rings (SSSR count). The standard InChI is InChI=1S/C12H20F3N5/c1-4-11(5-2,6-3)19-8-7-9(20-16)18-10(17-8)12(13,14)15/h7H,4-6,16H2,1-3H3,(H2,17,18,19,20). The van der Waals surface area contributed by atoms with E-state index in [2.05, 4.69) is 20.7 Å². The molecule has 4 N–H and O–H groups in total. The predicted molar refractivity (Wildman–Crippen MR) is 72.1 cm³/mol. The lowest BCUT2D eigenvalue weighted by molar-refractivity contribution is -0.144. The average Bonchev–Trinajstić information content (AvgIpc) is 2.43. The Labute approximate surface area is 116 Å². The number of halogens is 3. The molecule has 0 aliphatic rings. The van der Waals surface area contributed by atoms with Crippen molar-refractivity contribution in [1.82, 2.24) is 9.97 Å². The topological polar surface area (TPSA) is 75.9 Å². The van der Waals surface area contributed by atoms with Gasteiger partial charge in [-0.15, -0.1) is 0 Å². The summed E-state index contributed by atoms with van der Waals surface area (Å²) in [4.78, 5) is 6.86. The molecule has 1 aromatic heterocycles. The maximum atomic E-state index is 12.7. The van der Waals surface area contributed by atoms with Gasteiger partial charge in [-0.1, -0.05) is 20.8 Å². The minimum atomic E-state index is -4.61. The van der Waals surface area contributed by atoms with Crippen molar-refractivity contribution in [2.75, 3.05) is 10.7 Å². The highest BCUT2D eigenvalue weighted by molar-refractivity contribution is 5.48. The van der Waals surface area contributed by atoms with Gasteiger partial charge in [-0.25, -0.2) is 15.8 Å². The molecule has 0 unspecified atom stereocenters. The Morgan fingerprint density at radius 3 is 1.95 bits per heavy atom. The molecule has 0 fully saturated rings. The van der Waals surface area contributed by atoms with Crippen LogP contribution in [0.4, 0.5) is 24.8 Å². The molecule has 0 atom stereocenters. The normalized spacial score (nSPS) is 12.3. The fourth-order valence-corrected chi connectivity index (χ4v) is 2.00. The van der Waals surface area contributed by atoms with Crippen LogP contribution in [0.25, 0.3) is 0 Å². The van der Waals surface area contributed by atoms with Gasteiger partial charge in [-0.3, -0.25) is 0 Å². The highest BCUT2D eigenvalue weighted by Crippen LogP contribution is 2.30. The zero-order valence-corrected chi connectivity index (χ0v) is 11.8. The van der Waals surface area contributed by atoms with Gasteiger partial charge in [0.05, 0.1) is 0 Å². The van der Waals surface area contributed by atoms with Crippen molar-refractivity contribution in [3.8, 4) is 0 Å². The summed E-state index contributed by atoms with van der Waals surface area (Å²) in [5, 5.41) is 3.08. The molecule has 1 aromatic rings. The molecule has 0 radical (unpaired) electrons. The highest BCUT2D eigenvalue weighted by Gasteiger charge is 2.36. The molecule has 0 saturated heterocycles. The van der Waals surface area contributed by atoms with Crippen molar-refractivity contribution in [1.29, 1.82) is 0 Å². The van der Waals surface area contributed by atoms with Crippen LogP contribution in [-0.2, 0) is 6.18 Å². The van der Waals surface area contributed by atoms with E-state index in [1.807, 2.05) is 20.8 Å². The molecule has 0 bridgehead atoms. The molecule has 20 heavy (non-hydrogen) atoms. The van der Waals surface area contributed by atoms with Gasteiger partial charge in [0, 0.05) is 11.6 Å². The number of anilines is 2. The summed E-state index contributed by atoms with van der Waals surface area (Å²) < 4.78 is 38.2. The van der Waals surface area contributed by atoms with E-state index in [0.29, 0.717) is 0 Å². The van der Waals surface area contributed by atoms with Gasteiger partial charge in [-0.2, -0.15) is 13.2 Å². The van der Waals surface area contributed by atoms with Crippen LogP contribution in [0.1, 0.15) is 45.9 Å². The van der Waals surface area contributed by atoms with E-state index in [9.17, 15) is 13.2 Å². The number of hydrogen-bond acceptors (Lipinski definition) is 5. The number of nitrogens with zero attached hydrogens (tertiary/aromatic N) is 2. The van der Waals surface area contributed by atoms with Crippen LogP contribution in [0.3, 0.4) is 0 Å². The van der Waals surface area contributed by atoms with Crippen molar-refractivity contribution >= 4 is 11.6 Å². The first kappa shape index (κ1) is 16.5. The smallest absolute Gasteiger partial charge is 0.364 e. The lowest BCUT2D eigenvalue weighted by Gasteiger charge is -2.32. The molecule has 0 aliphatic heterocycles. The van der Waals surface area contributed by atoms with Gasteiger partial charge in [0.1, 0.15) is 11.6 Å². The molecule has 5 nitrogen and oxygen atoms in total. The summed E-state index contributed by atoms with van der Waals surface area (Å²) in [6.07, 6.45) is -2.29. The molecule has 0 amide bonds. The third-order valence-electron chi connectivity index (χ3n) is 3.55. The maximum absolute atomic E-state index is 12.7. The summed E-state index contributed by atoms with van der Waals surface area (Å²) >= 11 is 0. The molecular weight excluding hydrogens is 271 g/mol. The molecule has 8 heteroatoms. The summed E-state index contributed by atoms with van der Waals surface area (Å²) in [7, 11) is 0. The van der Waals surface area contributed by atoms with Crippen LogP contribution in [-0.4, -0.2) is 15.5 Å². The molecule has 0 aliphatic carbocycles. The SMILES string of the molecule is CCC(CC)(CC)Nc1cc(NN)nc(C(F)(F)F)n1. The lowest BCUT2D eigenvalue weighted by Crippen LogP contribution is -2.36. The summed E-state index contributed by atoms with van der Waals surface area (Å²) in [6.45, 7) is 5.94. The van der Waals surface area contributed by atoms with E-state index >= 15 is 0 Å². The van der Waals surface area contributed by atoms with Crippen molar-refractivity contribution < 1.29 is 13.2 Å². The minimum absolute atomic E-state index is 0.0768. The number of hydrazine groups is 1. The Morgan fingerprint density at radius 2 is 1.55 bits per heavy atom. The van der Waals surface area contributed by atoms with E-state index in [0.717, 1.165) is 19.3 Å². The molecule has 1 heterocycles.